The normalized spacial score (nSPS) is 10.6. The van der Waals surface area contributed by atoms with E-state index in [9.17, 15) is 0 Å². The first-order valence-electron chi connectivity index (χ1n) is 7.25. The van der Waals surface area contributed by atoms with Crippen molar-refractivity contribution in [1.82, 2.24) is 19.9 Å². The summed E-state index contributed by atoms with van der Waals surface area (Å²) >= 11 is 0. The van der Waals surface area contributed by atoms with Crippen LogP contribution in [-0.4, -0.2) is 19.9 Å². The van der Waals surface area contributed by atoms with Gasteiger partial charge >= 0.3 is 0 Å². The van der Waals surface area contributed by atoms with Crippen LogP contribution in [0.15, 0.2) is 73.2 Å². The van der Waals surface area contributed by atoms with Gasteiger partial charge in [-0.05, 0) is 24.3 Å². The number of aromatic nitrogens is 4. The lowest BCUT2D eigenvalue weighted by Crippen LogP contribution is -2.00. The third-order valence-corrected chi connectivity index (χ3v) is 3.45. The topological polar surface area (TPSA) is 63.6 Å². The third-order valence-electron chi connectivity index (χ3n) is 3.45. The van der Waals surface area contributed by atoms with Crippen LogP contribution in [0.2, 0.25) is 0 Å². The van der Waals surface area contributed by atoms with Crippen molar-refractivity contribution in [3.8, 4) is 11.4 Å². The number of nitrogens with zero attached hydrogens (tertiary/aromatic N) is 4. The van der Waals surface area contributed by atoms with E-state index in [1.165, 1.54) is 0 Å². The average molecular weight is 299 g/mol. The SMILES string of the molecule is c1ccc(-c2nc(Nc3ccncc3)c3cccnc3n2)cc1. The van der Waals surface area contributed by atoms with Gasteiger partial charge in [-0.15, -0.1) is 0 Å². The van der Waals surface area contributed by atoms with Crippen molar-refractivity contribution < 1.29 is 0 Å². The molecule has 0 fully saturated rings. The molecule has 4 aromatic rings. The highest BCUT2D eigenvalue weighted by molar-refractivity contribution is 5.89. The van der Waals surface area contributed by atoms with Gasteiger partial charge in [0.1, 0.15) is 5.82 Å². The minimum absolute atomic E-state index is 0.647. The molecule has 110 valence electrons. The number of hydrogen-bond donors (Lipinski definition) is 1. The van der Waals surface area contributed by atoms with E-state index in [1.54, 1.807) is 18.6 Å². The fourth-order valence-electron chi connectivity index (χ4n) is 2.35. The van der Waals surface area contributed by atoms with Gasteiger partial charge in [-0.25, -0.2) is 15.0 Å². The molecule has 0 atom stereocenters. The van der Waals surface area contributed by atoms with E-state index in [4.69, 9.17) is 0 Å². The lowest BCUT2D eigenvalue weighted by atomic mass is 10.2. The Bertz CT molecular complexity index is 939. The predicted molar refractivity (Wildman–Crippen MR) is 90.3 cm³/mol. The molecule has 23 heavy (non-hydrogen) atoms. The minimum Gasteiger partial charge on any atom is -0.339 e. The van der Waals surface area contributed by atoms with Gasteiger partial charge in [0.25, 0.3) is 0 Å². The smallest absolute Gasteiger partial charge is 0.165 e. The molecule has 4 rings (SSSR count). The van der Waals surface area contributed by atoms with Gasteiger partial charge in [0.2, 0.25) is 0 Å². The van der Waals surface area contributed by atoms with E-state index in [2.05, 4.69) is 25.3 Å². The maximum atomic E-state index is 4.68. The van der Waals surface area contributed by atoms with Gasteiger partial charge in [-0.1, -0.05) is 30.3 Å². The molecule has 1 N–H and O–H groups in total. The zero-order valence-corrected chi connectivity index (χ0v) is 12.2. The van der Waals surface area contributed by atoms with Gasteiger partial charge in [0.15, 0.2) is 11.5 Å². The van der Waals surface area contributed by atoms with E-state index in [0.717, 1.165) is 22.5 Å². The summed E-state index contributed by atoms with van der Waals surface area (Å²) < 4.78 is 0. The Morgan fingerprint density at radius 3 is 2.39 bits per heavy atom. The van der Waals surface area contributed by atoms with Gasteiger partial charge in [-0.3, -0.25) is 4.98 Å². The van der Waals surface area contributed by atoms with Crippen LogP contribution in [0.25, 0.3) is 22.4 Å². The van der Waals surface area contributed by atoms with Crippen molar-refractivity contribution in [2.24, 2.45) is 0 Å². The molecule has 0 unspecified atom stereocenters. The summed E-state index contributed by atoms with van der Waals surface area (Å²) in [4.78, 5) is 17.7. The number of pyridine rings is 2. The van der Waals surface area contributed by atoms with Crippen molar-refractivity contribution in [1.29, 1.82) is 0 Å². The number of rotatable bonds is 3. The number of nitrogens with one attached hydrogen (secondary N) is 1. The number of hydrogen-bond acceptors (Lipinski definition) is 5. The van der Waals surface area contributed by atoms with Crippen LogP contribution < -0.4 is 5.32 Å². The molecule has 0 saturated carbocycles. The zero-order valence-electron chi connectivity index (χ0n) is 12.2. The summed E-state index contributed by atoms with van der Waals surface area (Å²) in [5.41, 5.74) is 2.54. The quantitative estimate of drug-likeness (QED) is 0.623. The fourth-order valence-corrected chi connectivity index (χ4v) is 2.35. The highest BCUT2D eigenvalue weighted by Gasteiger charge is 2.10. The summed E-state index contributed by atoms with van der Waals surface area (Å²) in [6.07, 6.45) is 5.21. The number of fused-ring (bicyclic) bond motifs is 1. The molecular weight excluding hydrogens is 286 g/mol. The monoisotopic (exact) mass is 299 g/mol. The maximum absolute atomic E-state index is 4.68. The Labute approximate surface area is 133 Å². The van der Waals surface area contributed by atoms with Crippen LogP contribution in [0.3, 0.4) is 0 Å². The van der Waals surface area contributed by atoms with Crippen LogP contribution in [0.5, 0.6) is 0 Å². The average Bonchev–Trinajstić information content (AvgIpc) is 2.63. The molecule has 0 radical (unpaired) electrons. The lowest BCUT2D eigenvalue weighted by molar-refractivity contribution is 1.18. The standard InChI is InChI=1S/C18H13N5/c1-2-5-13(6-3-1)16-22-17-15(7-4-10-20-17)18(23-16)21-14-8-11-19-12-9-14/h1-12H,(H,19,20,21,22,23). The molecule has 0 spiro atoms. The van der Waals surface area contributed by atoms with E-state index < -0.39 is 0 Å². The highest BCUT2D eigenvalue weighted by Crippen LogP contribution is 2.25. The zero-order chi connectivity index (χ0) is 15.5. The maximum Gasteiger partial charge on any atom is 0.165 e. The molecule has 3 aromatic heterocycles. The Kier molecular flexibility index (Phi) is 3.37. The summed E-state index contributed by atoms with van der Waals surface area (Å²) in [6.45, 7) is 0. The summed E-state index contributed by atoms with van der Waals surface area (Å²) in [5.74, 6) is 1.38. The van der Waals surface area contributed by atoms with E-state index in [-0.39, 0.29) is 0 Å². The van der Waals surface area contributed by atoms with Crippen LogP contribution >= 0.6 is 0 Å². The molecule has 0 aliphatic carbocycles. The first-order chi connectivity index (χ1) is 11.4. The molecule has 0 amide bonds. The molecule has 3 heterocycles. The molecule has 0 aliphatic rings. The first-order valence-corrected chi connectivity index (χ1v) is 7.25. The van der Waals surface area contributed by atoms with Crippen LogP contribution in [0.1, 0.15) is 0 Å². The van der Waals surface area contributed by atoms with E-state index in [0.29, 0.717) is 11.5 Å². The molecule has 0 saturated heterocycles. The van der Waals surface area contributed by atoms with Crippen LogP contribution in [0, 0.1) is 0 Å². The largest absolute Gasteiger partial charge is 0.339 e. The first kappa shape index (κ1) is 13.3. The van der Waals surface area contributed by atoms with Crippen molar-refractivity contribution in [3.63, 3.8) is 0 Å². The number of benzene rings is 1. The lowest BCUT2D eigenvalue weighted by Gasteiger charge is -2.10. The van der Waals surface area contributed by atoms with Crippen molar-refractivity contribution in [2.45, 2.75) is 0 Å². The Morgan fingerprint density at radius 1 is 0.739 bits per heavy atom. The van der Waals surface area contributed by atoms with E-state index in [1.807, 2.05) is 54.6 Å². The molecular formula is C18H13N5. The molecule has 0 aliphatic heterocycles. The predicted octanol–water partition coefficient (Wildman–Crippen LogP) is 3.83. The van der Waals surface area contributed by atoms with Gasteiger partial charge < -0.3 is 5.32 Å². The third kappa shape index (κ3) is 2.72. The summed E-state index contributed by atoms with van der Waals surface area (Å²) in [6, 6.07) is 17.5. The Hall–Kier alpha value is -3.34. The van der Waals surface area contributed by atoms with Crippen LogP contribution in [-0.2, 0) is 0 Å². The van der Waals surface area contributed by atoms with Crippen LogP contribution in [0.4, 0.5) is 11.5 Å². The number of anilines is 2. The summed E-state index contributed by atoms with van der Waals surface area (Å²) in [7, 11) is 0. The van der Waals surface area contributed by atoms with Gasteiger partial charge in [0, 0.05) is 29.8 Å². The van der Waals surface area contributed by atoms with Crippen molar-refractivity contribution in [3.05, 3.63) is 73.2 Å². The van der Waals surface area contributed by atoms with Gasteiger partial charge in [0.05, 0.1) is 5.39 Å². The van der Waals surface area contributed by atoms with Crippen molar-refractivity contribution >= 4 is 22.5 Å². The highest BCUT2D eigenvalue weighted by atomic mass is 15.1. The molecule has 0 bridgehead atoms. The Morgan fingerprint density at radius 2 is 1.57 bits per heavy atom. The van der Waals surface area contributed by atoms with Crippen molar-refractivity contribution in [2.75, 3.05) is 5.32 Å². The second-order valence-electron chi connectivity index (χ2n) is 5.00. The Balaban J connectivity index is 1.87. The second-order valence-corrected chi connectivity index (χ2v) is 5.00. The molecule has 1 aromatic carbocycles. The minimum atomic E-state index is 0.647. The molecule has 5 nitrogen and oxygen atoms in total. The fraction of sp³-hybridized carbons (Fsp3) is 0. The molecule has 5 heteroatoms. The second kappa shape index (κ2) is 5.81. The van der Waals surface area contributed by atoms with E-state index >= 15 is 0 Å². The van der Waals surface area contributed by atoms with Gasteiger partial charge in [-0.2, -0.15) is 0 Å². The summed E-state index contributed by atoms with van der Waals surface area (Å²) in [5, 5.41) is 4.20.